The van der Waals surface area contributed by atoms with Gasteiger partial charge >= 0.3 is 18.0 Å². The summed E-state index contributed by atoms with van der Waals surface area (Å²) in [6.45, 7) is 2.11. The van der Waals surface area contributed by atoms with E-state index < -0.39 is 23.6 Å². The number of hydrogen-bond acceptors (Lipinski definition) is 7. The summed E-state index contributed by atoms with van der Waals surface area (Å²) in [6, 6.07) is 11.4. The summed E-state index contributed by atoms with van der Waals surface area (Å²) in [4.78, 5) is 54.7. The normalized spacial score (nSPS) is 17.5. The van der Waals surface area contributed by atoms with Crippen LogP contribution < -0.4 is 10.9 Å². The lowest BCUT2D eigenvalue weighted by molar-refractivity contribution is -0.172. The molecule has 5 rings (SSSR count). The van der Waals surface area contributed by atoms with Crippen molar-refractivity contribution in [3.8, 4) is 11.4 Å². The SMILES string of the molecule is CC[C@@]1(OC(=O)NCCCCCC(=O)O)C(=O)OCc2c1cc1n(c2=O)Cc2cc3ccccc3nc2-1. The number of nitrogens with zero attached hydrogens (tertiary/aromatic N) is 2. The molecule has 2 N–H and O–H groups in total. The summed E-state index contributed by atoms with van der Waals surface area (Å²) in [7, 11) is 0. The van der Waals surface area contributed by atoms with Crippen LogP contribution >= 0.6 is 0 Å². The van der Waals surface area contributed by atoms with Crippen LogP contribution in [0, 0.1) is 0 Å². The van der Waals surface area contributed by atoms with Gasteiger partial charge in [-0.25, -0.2) is 14.6 Å². The highest BCUT2D eigenvalue weighted by atomic mass is 16.6. The fraction of sp³-hybridized carbons (Fsp3) is 0.370. The van der Waals surface area contributed by atoms with Crippen LogP contribution in [0.15, 0.2) is 41.2 Å². The summed E-state index contributed by atoms with van der Waals surface area (Å²) in [5.74, 6) is -1.59. The first-order chi connectivity index (χ1) is 17.8. The van der Waals surface area contributed by atoms with Crippen LogP contribution in [0.4, 0.5) is 4.79 Å². The van der Waals surface area contributed by atoms with Gasteiger partial charge < -0.3 is 24.5 Å². The molecule has 2 aliphatic rings. The molecule has 2 aliphatic heterocycles. The van der Waals surface area contributed by atoms with Crippen molar-refractivity contribution in [2.75, 3.05) is 6.54 Å². The van der Waals surface area contributed by atoms with Gasteiger partial charge in [-0.1, -0.05) is 31.5 Å². The molecule has 0 spiro atoms. The van der Waals surface area contributed by atoms with Gasteiger partial charge in [0.25, 0.3) is 5.56 Å². The Morgan fingerprint density at radius 3 is 2.78 bits per heavy atom. The number of unbranched alkanes of at least 4 members (excludes halogenated alkanes) is 2. The predicted molar refractivity (Wildman–Crippen MR) is 133 cm³/mol. The third-order valence-corrected chi connectivity index (χ3v) is 6.99. The van der Waals surface area contributed by atoms with Gasteiger partial charge in [0.1, 0.15) is 6.61 Å². The van der Waals surface area contributed by atoms with E-state index in [1.165, 1.54) is 0 Å². The fourth-order valence-electron chi connectivity index (χ4n) is 5.05. The van der Waals surface area contributed by atoms with Gasteiger partial charge in [0.05, 0.1) is 29.0 Å². The maximum absolute atomic E-state index is 13.5. The zero-order valence-corrected chi connectivity index (χ0v) is 20.4. The Labute approximate surface area is 212 Å². The van der Waals surface area contributed by atoms with Gasteiger partial charge in [0.15, 0.2) is 0 Å². The number of amides is 1. The second-order valence-corrected chi connectivity index (χ2v) is 9.28. The summed E-state index contributed by atoms with van der Waals surface area (Å²) < 4.78 is 12.7. The van der Waals surface area contributed by atoms with E-state index in [0.717, 1.165) is 16.5 Å². The number of carbonyl (C=O) groups excluding carboxylic acids is 2. The molecule has 192 valence electrons. The number of carboxylic acids is 1. The molecule has 1 amide bonds. The Morgan fingerprint density at radius 1 is 1.19 bits per heavy atom. The topological polar surface area (TPSA) is 137 Å². The molecule has 0 aliphatic carbocycles. The average Bonchev–Trinajstić information content (AvgIpc) is 3.24. The van der Waals surface area contributed by atoms with Gasteiger partial charge in [-0.15, -0.1) is 0 Å². The molecule has 10 nitrogen and oxygen atoms in total. The van der Waals surface area contributed by atoms with Crippen LogP contribution in [0.2, 0.25) is 0 Å². The number of hydrogen-bond donors (Lipinski definition) is 2. The Balaban J connectivity index is 1.45. The van der Waals surface area contributed by atoms with Crippen LogP contribution in [0.3, 0.4) is 0 Å². The molecule has 3 aromatic rings. The van der Waals surface area contributed by atoms with Crippen molar-refractivity contribution in [3.63, 3.8) is 0 Å². The average molecular weight is 506 g/mol. The highest BCUT2D eigenvalue weighted by Gasteiger charge is 2.50. The summed E-state index contributed by atoms with van der Waals surface area (Å²) >= 11 is 0. The van der Waals surface area contributed by atoms with Gasteiger partial charge in [-0.2, -0.15) is 0 Å². The van der Waals surface area contributed by atoms with Gasteiger partial charge in [-0.3, -0.25) is 9.59 Å². The molecule has 10 heteroatoms. The van der Waals surface area contributed by atoms with E-state index >= 15 is 0 Å². The zero-order chi connectivity index (χ0) is 26.2. The van der Waals surface area contributed by atoms with Crippen LogP contribution in [-0.4, -0.2) is 39.2 Å². The van der Waals surface area contributed by atoms with Crippen LogP contribution in [0.25, 0.3) is 22.3 Å². The third-order valence-electron chi connectivity index (χ3n) is 6.99. The second kappa shape index (κ2) is 9.68. The fourth-order valence-corrected chi connectivity index (χ4v) is 5.05. The minimum Gasteiger partial charge on any atom is -0.481 e. The van der Waals surface area contributed by atoms with Crippen molar-refractivity contribution in [2.24, 2.45) is 0 Å². The molecule has 0 unspecified atom stereocenters. The largest absolute Gasteiger partial charge is 0.481 e. The Bertz CT molecular complexity index is 1480. The molecule has 0 bridgehead atoms. The summed E-state index contributed by atoms with van der Waals surface area (Å²) in [6.07, 6.45) is 1.03. The molecular weight excluding hydrogens is 478 g/mol. The smallest absolute Gasteiger partial charge is 0.408 e. The van der Waals surface area contributed by atoms with Crippen LogP contribution in [-0.2, 0) is 37.8 Å². The first kappa shape index (κ1) is 24.5. The molecule has 0 fully saturated rings. The van der Waals surface area contributed by atoms with E-state index in [9.17, 15) is 19.2 Å². The molecule has 37 heavy (non-hydrogen) atoms. The molecule has 1 aromatic carbocycles. The van der Waals surface area contributed by atoms with E-state index in [-0.39, 0.29) is 37.1 Å². The summed E-state index contributed by atoms with van der Waals surface area (Å²) in [5, 5.41) is 12.3. The second-order valence-electron chi connectivity index (χ2n) is 9.28. The number of cyclic esters (lactones) is 1. The number of rotatable bonds is 8. The molecule has 2 aromatic heterocycles. The Hall–Kier alpha value is -4.21. The highest BCUT2D eigenvalue weighted by molar-refractivity contribution is 5.88. The number of carbonyl (C=O) groups is 3. The lowest BCUT2D eigenvalue weighted by Gasteiger charge is -2.35. The van der Waals surface area contributed by atoms with E-state index in [4.69, 9.17) is 19.6 Å². The molecule has 0 saturated carbocycles. The molecule has 4 heterocycles. The number of ether oxygens (including phenoxy) is 2. The van der Waals surface area contributed by atoms with Crippen LogP contribution in [0.5, 0.6) is 0 Å². The van der Waals surface area contributed by atoms with Crippen molar-refractivity contribution in [2.45, 2.75) is 57.8 Å². The maximum Gasteiger partial charge on any atom is 0.408 e. The Kier molecular flexibility index (Phi) is 6.41. The predicted octanol–water partition coefficient (Wildman–Crippen LogP) is 3.46. The Morgan fingerprint density at radius 2 is 2.00 bits per heavy atom. The number of fused-ring (bicyclic) bond motifs is 5. The molecule has 0 radical (unpaired) electrons. The quantitative estimate of drug-likeness (QED) is 0.274. The van der Waals surface area contributed by atoms with Crippen LogP contribution in [0.1, 0.15) is 55.7 Å². The van der Waals surface area contributed by atoms with Crippen molar-refractivity contribution in [1.29, 1.82) is 0 Å². The molecule has 1 atom stereocenters. The number of para-hydroxylation sites is 1. The molecule has 0 saturated heterocycles. The zero-order valence-electron chi connectivity index (χ0n) is 20.4. The van der Waals surface area contributed by atoms with Crippen molar-refractivity contribution < 1.29 is 29.0 Å². The first-order valence-corrected chi connectivity index (χ1v) is 12.4. The third kappa shape index (κ3) is 4.32. The summed E-state index contributed by atoms with van der Waals surface area (Å²) in [5.41, 5.74) is 1.45. The number of aromatic nitrogens is 2. The number of carboxylic acid groups (broad SMARTS) is 1. The number of alkyl carbamates (subject to hydrolysis) is 1. The number of nitrogens with one attached hydrogen (secondary N) is 1. The highest BCUT2D eigenvalue weighted by Crippen LogP contribution is 2.40. The first-order valence-electron chi connectivity index (χ1n) is 12.4. The van der Waals surface area contributed by atoms with Crippen molar-refractivity contribution >= 4 is 28.9 Å². The maximum atomic E-state index is 13.5. The standard InChI is InChI=1S/C27H27N3O7/c1-2-27(37-26(35)28-11-7-3-4-10-22(31)32)19-13-21-23-17(12-16-8-5-6-9-20(16)29-23)14-30(21)24(33)18(19)15-36-25(27)34/h5-6,8-9,12-13H,2-4,7,10-11,14-15H2,1H3,(H,28,35)(H,31,32)/t27-/m0/s1. The van der Waals surface area contributed by atoms with Crippen molar-refractivity contribution in [1.82, 2.24) is 14.9 Å². The number of esters is 1. The molecular formula is C27H27N3O7. The van der Waals surface area contributed by atoms with E-state index in [2.05, 4.69) is 5.32 Å². The monoisotopic (exact) mass is 505 g/mol. The van der Waals surface area contributed by atoms with Gasteiger partial charge in [0, 0.05) is 29.5 Å². The number of aliphatic carboxylic acids is 1. The number of benzene rings is 1. The van der Waals surface area contributed by atoms with Crippen molar-refractivity contribution in [3.05, 3.63) is 63.4 Å². The van der Waals surface area contributed by atoms with Gasteiger partial charge in [-0.05, 0) is 37.5 Å². The van der Waals surface area contributed by atoms with Gasteiger partial charge in [0.2, 0.25) is 5.60 Å². The van der Waals surface area contributed by atoms with E-state index in [1.54, 1.807) is 17.6 Å². The van der Waals surface area contributed by atoms with E-state index in [1.807, 2.05) is 30.3 Å². The lowest BCUT2D eigenvalue weighted by Crippen LogP contribution is -2.49. The minimum absolute atomic E-state index is 0.0691. The number of pyridine rings is 2. The minimum atomic E-state index is -1.77. The van der Waals surface area contributed by atoms with E-state index in [0.29, 0.717) is 42.8 Å². The lowest BCUT2D eigenvalue weighted by atomic mass is 9.85.